The Kier molecular flexibility index (Phi) is 2.66. The highest BCUT2D eigenvalue weighted by molar-refractivity contribution is 9.10. The lowest BCUT2D eigenvalue weighted by Crippen LogP contribution is -1.97. The third-order valence-electron chi connectivity index (χ3n) is 1.62. The van der Waals surface area contributed by atoms with Crippen LogP contribution in [0.1, 0.15) is 0 Å². The second-order valence-corrected chi connectivity index (χ2v) is 4.20. The van der Waals surface area contributed by atoms with Crippen molar-refractivity contribution in [2.24, 2.45) is 0 Å². The summed E-state index contributed by atoms with van der Waals surface area (Å²) in [7, 11) is 0. The molecule has 7 heteroatoms. The Labute approximate surface area is 98.0 Å². The Morgan fingerprint density at radius 1 is 1.50 bits per heavy atom. The molecule has 1 N–H and O–H groups in total. The number of aromatic nitrogens is 4. The zero-order valence-electron chi connectivity index (χ0n) is 6.74. The van der Waals surface area contributed by atoms with Crippen molar-refractivity contribution in [3.8, 4) is 5.69 Å². The summed E-state index contributed by atoms with van der Waals surface area (Å²) >= 11 is 14.3. The van der Waals surface area contributed by atoms with Crippen LogP contribution in [0.15, 0.2) is 22.7 Å². The minimum Gasteiger partial charge on any atom is -0.208 e. The summed E-state index contributed by atoms with van der Waals surface area (Å²) in [6.45, 7) is 0. The van der Waals surface area contributed by atoms with E-state index in [1.807, 2.05) is 12.1 Å². The normalized spacial score (nSPS) is 10.4. The molecule has 0 atom stereocenters. The van der Waals surface area contributed by atoms with Crippen molar-refractivity contribution >= 4 is 39.7 Å². The van der Waals surface area contributed by atoms with E-state index in [-0.39, 0.29) is 0 Å². The third-order valence-corrected chi connectivity index (χ3v) is 2.70. The van der Waals surface area contributed by atoms with Gasteiger partial charge in [-0.05, 0) is 30.4 Å². The van der Waals surface area contributed by atoms with E-state index in [0.717, 1.165) is 10.2 Å². The van der Waals surface area contributed by atoms with Crippen molar-refractivity contribution in [1.82, 2.24) is 20.2 Å². The van der Waals surface area contributed by atoms with Crippen LogP contribution in [0, 0.1) is 4.77 Å². The van der Waals surface area contributed by atoms with Gasteiger partial charge in [0.05, 0.1) is 10.7 Å². The molecular weight excluding hydrogens is 288 g/mol. The van der Waals surface area contributed by atoms with Crippen LogP contribution in [0.5, 0.6) is 0 Å². The van der Waals surface area contributed by atoms with Crippen LogP contribution in [0.25, 0.3) is 5.69 Å². The van der Waals surface area contributed by atoms with Crippen molar-refractivity contribution in [2.45, 2.75) is 0 Å². The summed E-state index contributed by atoms with van der Waals surface area (Å²) in [6, 6.07) is 5.45. The average molecular weight is 292 g/mol. The highest BCUT2D eigenvalue weighted by Crippen LogP contribution is 2.23. The Bertz CT molecular complexity index is 520. The van der Waals surface area contributed by atoms with Crippen LogP contribution >= 0.6 is 39.7 Å². The first-order valence-corrected chi connectivity index (χ1v) is 5.22. The van der Waals surface area contributed by atoms with Gasteiger partial charge in [-0.1, -0.05) is 37.8 Å². The molecule has 1 aromatic heterocycles. The van der Waals surface area contributed by atoms with Crippen molar-refractivity contribution < 1.29 is 0 Å². The summed E-state index contributed by atoms with van der Waals surface area (Å²) in [5, 5.41) is 10.5. The third kappa shape index (κ3) is 1.73. The molecule has 2 rings (SSSR count). The SMILES string of the molecule is S=c1nn[nH]n1-c1cc(Br)ccc1Cl. The van der Waals surface area contributed by atoms with Crippen molar-refractivity contribution in [3.63, 3.8) is 0 Å². The first-order valence-electron chi connectivity index (χ1n) is 3.64. The van der Waals surface area contributed by atoms with E-state index in [9.17, 15) is 0 Å². The first-order chi connectivity index (χ1) is 6.68. The van der Waals surface area contributed by atoms with Gasteiger partial charge < -0.3 is 0 Å². The predicted octanol–water partition coefficient (Wildman–Crippen LogP) is 2.74. The van der Waals surface area contributed by atoms with Crippen LogP contribution in [-0.2, 0) is 0 Å². The van der Waals surface area contributed by atoms with Crippen LogP contribution in [-0.4, -0.2) is 20.2 Å². The Morgan fingerprint density at radius 3 is 2.93 bits per heavy atom. The van der Waals surface area contributed by atoms with E-state index in [0.29, 0.717) is 9.79 Å². The van der Waals surface area contributed by atoms with E-state index in [2.05, 4.69) is 31.5 Å². The molecule has 0 radical (unpaired) electrons. The van der Waals surface area contributed by atoms with Crippen LogP contribution in [0.3, 0.4) is 0 Å². The number of halogens is 2. The maximum Gasteiger partial charge on any atom is 0.242 e. The summed E-state index contributed by atoms with van der Waals surface area (Å²) < 4.78 is 2.78. The predicted molar refractivity (Wildman–Crippen MR) is 59.3 cm³/mol. The summed E-state index contributed by atoms with van der Waals surface area (Å²) in [5.41, 5.74) is 0.719. The van der Waals surface area contributed by atoms with Crippen LogP contribution < -0.4 is 0 Å². The molecule has 72 valence electrons. The summed E-state index contributed by atoms with van der Waals surface area (Å²) in [4.78, 5) is 0. The number of benzene rings is 1. The van der Waals surface area contributed by atoms with Crippen molar-refractivity contribution in [3.05, 3.63) is 32.5 Å². The lowest BCUT2D eigenvalue weighted by molar-refractivity contribution is 0.786. The molecule has 2 aromatic rings. The molecule has 1 heterocycles. The molecule has 0 aliphatic rings. The lowest BCUT2D eigenvalue weighted by Gasteiger charge is -2.03. The van der Waals surface area contributed by atoms with E-state index in [4.69, 9.17) is 23.8 Å². The number of tetrazole rings is 1. The fourth-order valence-electron chi connectivity index (χ4n) is 1.01. The Morgan fingerprint density at radius 2 is 2.29 bits per heavy atom. The molecule has 0 aliphatic carbocycles. The number of nitrogens with one attached hydrogen (secondary N) is 1. The largest absolute Gasteiger partial charge is 0.242 e. The number of rotatable bonds is 1. The maximum atomic E-state index is 6.00. The van der Waals surface area contributed by atoms with Gasteiger partial charge in [0.25, 0.3) is 0 Å². The van der Waals surface area contributed by atoms with Crippen LogP contribution in [0.2, 0.25) is 5.02 Å². The summed E-state index contributed by atoms with van der Waals surface area (Å²) in [6.07, 6.45) is 0. The Hall–Kier alpha value is -0.720. The van der Waals surface area contributed by atoms with Gasteiger partial charge in [0, 0.05) is 4.47 Å². The molecule has 0 saturated carbocycles. The topological polar surface area (TPSA) is 46.5 Å². The van der Waals surface area contributed by atoms with Gasteiger partial charge in [-0.3, -0.25) is 0 Å². The molecule has 0 unspecified atom stereocenters. The number of aromatic amines is 1. The molecule has 0 aliphatic heterocycles. The number of H-pyrrole nitrogens is 1. The number of nitrogens with zero attached hydrogens (tertiary/aromatic N) is 3. The number of hydrogen-bond donors (Lipinski definition) is 1. The van der Waals surface area contributed by atoms with Crippen molar-refractivity contribution in [1.29, 1.82) is 0 Å². The van der Waals surface area contributed by atoms with E-state index >= 15 is 0 Å². The maximum absolute atomic E-state index is 6.00. The monoisotopic (exact) mass is 290 g/mol. The van der Waals surface area contributed by atoms with Crippen molar-refractivity contribution in [2.75, 3.05) is 0 Å². The van der Waals surface area contributed by atoms with Gasteiger partial charge in [-0.2, -0.15) is 5.21 Å². The van der Waals surface area contributed by atoms with Gasteiger partial charge in [0.1, 0.15) is 0 Å². The van der Waals surface area contributed by atoms with E-state index in [1.54, 1.807) is 6.07 Å². The molecule has 1 aromatic carbocycles. The Balaban J connectivity index is 2.68. The first kappa shape index (κ1) is 9.82. The van der Waals surface area contributed by atoms with Gasteiger partial charge in [-0.25, -0.2) is 4.68 Å². The zero-order valence-corrected chi connectivity index (χ0v) is 9.90. The smallest absolute Gasteiger partial charge is 0.208 e. The van der Waals surface area contributed by atoms with Crippen LogP contribution in [0.4, 0.5) is 0 Å². The molecule has 14 heavy (non-hydrogen) atoms. The zero-order chi connectivity index (χ0) is 10.1. The molecule has 4 nitrogen and oxygen atoms in total. The fourth-order valence-corrected chi connectivity index (χ4v) is 1.74. The average Bonchev–Trinajstić information content (AvgIpc) is 2.56. The highest BCUT2D eigenvalue weighted by Gasteiger charge is 2.05. The molecule has 0 amide bonds. The molecule has 0 saturated heterocycles. The molecule has 0 spiro atoms. The van der Waals surface area contributed by atoms with Gasteiger partial charge in [0.2, 0.25) is 4.77 Å². The highest BCUT2D eigenvalue weighted by atomic mass is 79.9. The quantitative estimate of drug-likeness (QED) is 0.822. The van der Waals surface area contributed by atoms with Gasteiger partial charge in [-0.15, -0.1) is 0 Å². The van der Waals surface area contributed by atoms with E-state index < -0.39 is 0 Å². The molecule has 0 bridgehead atoms. The molecule has 0 fully saturated rings. The second-order valence-electron chi connectivity index (χ2n) is 2.51. The second kappa shape index (κ2) is 3.80. The lowest BCUT2D eigenvalue weighted by atomic mass is 10.3. The number of hydrogen-bond acceptors (Lipinski definition) is 3. The van der Waals surface area contributed by atoms with Gasteiger partial charge in [0.15, 0.2) is 0 Å². The minimum atomic E-state index is 0.338. The molecular formula is C7H4BrClN4S. The van der Waals surface area contributed by atoms with Gasteiger partial charge >= 0.3 is 0 Å². The summed E-state index contributed by atoms with van der Waals surface area (Å²) in [5.74, 6) is 0. The standard InChI is InChI=1S/C7H4BrClN4S/c8-4-1-2-5(9)6(3-4)13-7(14)10-11-12-13/h1-3H,(H,10,12,14). The van der Waals surface area contributed by atoms with E-state index in [1.165, 1.54) is 4.68 Å². The fraction of sp³-hybridized carbons (Fsp3) is 0. The minimum absolute atomic E-state index is 0.338.